The molecule has 0 aliphatic carbocycles. The molecule has 0 rings (SSSR count). The van der Waals surface area contributed by atoms with Crippen molar-refractivity contribution in [2.24, 2.45) is 0 Å². The van der Waals surface area contributed by atoms with Crippen LogP contribution in [0.2, 0.25) is 0 Å². The van der Waals surface area contributed by atoms with E-state index in [1.165, 1.54) is 64.2 Å². The molecule has 0 bridgehead atoms. The molecule has 0 radical (unpaired) electrons. The van der Waals surface area contributed by atoms with E-state index in [0.29, 0.717) is 6.42 Å². The fourth-order valence-corrected chi connectivity index (χ4v) is 2.01. The third kappa shape index (κ3) is 32.2. The number of hydrogen-bond donors (Lipinski definition) is 2. The van der Waals surface area contributed by atoms with Crippen molar-refractivity contribution in [3.05, 3.63) is 0 Å². The van der Waals surface area contributed by atoms with E-state index in [0.717, 1.165) is 6.42 Å². The first-order valence-electron chi connectivity index (χ1n) is 8.40. The minimum Gasteiger partial charge on any atom is -0.542 e. The molecule has 2 N–H and O–H groups in total. The Labute approximate surface area is 159 Å². The van der Waals surface area contributed by atoms with Crippen LogP contribution in [0.25, 0.3) is 0 Å². The van der Waals surface area contributed by atoms with E-state index in [9.17, 15) is 9.59 Å². The predicted molar refractivity (Wildman–Crippen MR) is 88.3 cm³/mol. The summed E-state index contributed by atoms with van der Waals surface area (Å²) in [7, 11) is 1.59. The van der Waals surface area contributed by atoms with Gasteiger partial charge in [0.25, 0.3) is 0 Å². The quantitative estimate of drug-likeness (QED) is 0.285. The Hall–Kier alpha value is 0.100. The number of carboxylic acid groups (broad SMARTS) is 1. The molecule has 0 aromatic carbocycles. The molecule has 0 aliphatic heterocycles. The van der Waals surface area contributed by atoms with Crippen molar-refractivity contribution in [2.75, 3.05) is 13.6 Å². The molecule has 22 heavy (non-hydrogen) atoms. The van der Waals surface area contributed by atoms with Crippen LogP contribution in [0.4, 0.5) is 0 Å². The summed E-state index contributed by atoms with van der Waals surface area (Å²) in [5, 5.41) is 10.3. The smallest absolute Gasteiger partial charge is 0.542 e. The minimum absolute atomic E-state index is 0. The molecule has 0 spiro atoms. The van der Waals surface area contributed by atoms with Gasteiger partial charge >= 0.3 is 35.5 Å². The number of carbonyl (C=O) groups is 1. The van der Waals surface area contributed by atoms with Gasteiger partial charge in [-0.1, -0.05) is 77.6 Å². The molecule has 0 aliphatic rings. The Balaban J connectivity index is -0.000000439. The first-order valence-corrected chi connectivity index (χ1v) is 8.40. The van der Waals surface area contributed by atoms with E-state index in [1.54, 1.807) is 7.05 Å². The number of rotatable bonds is 14. The molecule has 0 fully saturated rings. The van der Waals surface area contributed by atoms with Gasteiger partial charge in [-0.05, 0) is 7.05 Å². The monoisotopic (exact) mass is 323 g/mol. The molecule has 5 heteroatoms. The SMILES string of the molecule is CCCCCCCCCCCCC[C-]=O.CNCC(=O)O.[Na+]. The zero-order chi connectivity index (χ0) is 16.2. The second-order valence-corrected chi connectivity index (χ2v) is 5.35. The summed E-state index contributed by atoms with van der Waals surface area (Å²) in [5.41, 5.74) is 0. The molecule has 126 valence electrons. The Bertz CT molecular complexity index is 226. The largest absolute Gasteiger partial charge is 1.00 e. The first-order chi connectivity index (χ1) is 10.2. The van der Waals surface area contributed by atoms with E-state index in [-0.39, 0.29) is 36.1 Å². The minimum atomic E-state index is -0.822. The second kappa shape index (κ2) is 26.0. The van der Waals surface area contributed by atoms with Gasteiger partial charge in [0.05, 0.1) is 6.54 Å². The Morgan fingerprint density at radius 1 is 0.909 bits per heavy atom. The van der Waals surface area contributed by atoms with E-state index in [2.05, 4.69) is 12.2 Å². The van der Waals surface area contributed by atoms with Gasteiger partial charge in [0.2, 0.25) is 0 Å². The van der Waals surface area contributed by atoms with Crippen molar-refractivity contribution in [2.45, 2.75) is 84.0 Å². The summed E-state index contributed by atoms with van der Waals surface area (Å²) in [6.45, 7) is 2.30. The standard InChI is InChI=1S/C14H27O.C3H7NO2.Na/c1-2-3-4-5-6-7-8-9-10-11-12-13-14-15;1-4-2-3(5)6;/h2-13H2,1H3;4H,2H2,1H3,(H,5,6);/q-1;;+1. The van der Waals surface area contributed by atoms with Crippen molar-refractivity contribution in [1.82, 2.24) is 5.32 Å². The normalized spacial score (nSPS) is 9.36. The summed E-state index contributed by atoms with van der Waals surface area (Å²) in [5.74, 6) is -0.822. The van der Waals surface area contributed by atoms with Crippen molar-refractivity contribution in [3.8, 4) is 0 Å². The van der Waals surface area contributed by atoms with Crippen LogP contribution in [0, 0.1) is 0 Å². The summed E-state index contributed by atoms with van der Waals surface area (Å²) in [6, 6.07) is 0. The number of likely N-dealkylation sites (N-methyl/N-ethyl adjacent to an activating group) is 1. The molecular formula is C17H34NNaO3. The average molecular weight is 323 g/mol. The van der Waals surface area contributed by atoms with Crippen LogP contribution in [0.1, 0.15) is 84.0 Å². The summed E-state index contributed by atoms with van der Waals surface area (Å²) < 4.78 is 0. The second-order valence-electron chi connectivity index (χ2n) is 5.35. The van der Waals surface area contributed by atoms with Crippen LogP contribution >= 0.6 is 0 Å². The number of unbranched alkanes of at least 4 members (excludes halogenated alkanes) is 11. The van der Waals surface area contributed by atoms with Crippen LogP contribution in [-0.4, -0.2) is 31.0 Å². The van der Waals surface area contributed by atoms with Gasteiger partial charge in [0.15, 0.2) is 0 Å². The van der Waals surface area contributed by atoms with Gasteiger partial charge < -0.3 is 15.2 Å². The number of aliphatic carboxylic acids is 1. The predicted octanol–water partition coefficient (Wildman–Crippen LogP) is 1.09. The van der Waals surface area contributed by atoms with E-state index in [4.69, 9.17) is 5.11 Å². The maximum absolute atomic E-state index is 9.94. The fourth-order valence-electron chi connectivity index (χ4n) is 2.01. The number of carboxylic acids is 1. The van der Waals surface area contributed by atoms with E-state index >= 15 is 0 Å². The maximum atomic E-state index is 9.94. The zero-order valence-electron chi connectivity index (χ0n) is 15.0. The third-order valence-electron chi connectivity index (χ3n) is 3.21. The molecule has 4 nitrogen and oxygen atoms in total. The van der Waals surface area contributed by atoms with E-state index < -0.39 is 5.97 Å². The Morgan fingerprint density at radius 3 is 1.59 bits per heavy atom. The van der Waals surface area contributed by atoms with Crippen molar-refractivity contribution < 1.29 is 44.3 Å². The van der Waals surface area contributed by atoms with Crippen LogP contribution < -0.4 is 34.9 Å². The van der Waals surface area contributed by atoms with Gasteiger partial charge in [0, 0.05) is 0 Å². The number of carbonyl (C=O) groups excluding carboxylic acids is 1. The molecule has 0 unspecified atom stereocenters. The van der Waals surface area contributed by atoms with Crippen LogP contribution in [0.3, 0.4) is 0 Å². The zero-order valence-corrected chi connectivity index (χ0v) is 17.0. The number of nitrogens with one attached hydrogen (secondary N) is 1. The molecule has 0 aromatic rings. The first kappa shape index (κ1) is 27.0. The van der Waals surface area contributed by atoms with Gasteiger partial charge in [0.1, 0.15) is 0 Å². The molecule has 0 amide bonds. The third-order valence-corrected chi connectivity index (χ3v) is 3.21. The van der Waals surface area contributed by atoms with Gasteiger partial charge in [-0.3, -0.25) is 11.1 Å². The molecule has 0 heterocycles. The molecular weight excluding hydrogens is 289 g/mol. The fraction of sp³-hybridized carbons (Fsp3) is 0.882. The van der Waals surface area contributed by atoms with Gasteiger partial charge in [-0.2, -0.15) is 6.42 Å². The maximum Gasteiger partial charge on any atom is 1.00 e. The van der Waals surface area contributed by atoms with Gasteiger partial charge in [-0.15, -0.1) is 0 Å². The van der Waals surface area contributed by atoms with Crippen molar-refractivity contribution in [3.63, 3.8) is 0 Å². The molecule has 0 saturated carbocycles. The topological polar surface area (TPSA) is 66.4 Å². The van der Waals surface area contributed by atoms with Crippen LogP contribution in [0.5, 0.6) is 0 Å². The average Bonchev–Trinajstić information content (AvgIpc) is 2.45. The summed E-state index contributed by atoms with van der Waals surface area (Å²) >= 11 is 0. The molecule has 0 aromatic heterocycles. The van der Waals surface area contributed by atoms with Crippen LogP contribution in [0.15, 0.2) is 0 Å². The summed E-state index contributed by atoms with van der Waals surface area (Å²) in [6.07, 6.45) is 17.3. The van der Waals surface area contributed by atoms with Crippen LogP contribution in [-0.2, 0) is 9.59 Å². The Kier molecular flexibility index (Phi) is 31.9. The van der Waals surface area contributed by atoms with Crippen molar-refractivity contribution >= 4 is 12.3 Å². The summed E-state index contributed by atoms with van der Waals surface area (Å²) in [4.78, 5) is 19.5. The molecule has 0 saturated heterocycles. The van der Waals surface area contributed by atoms with Gasteiger partial charge in [-0.25, -0.2) is 0 Å². The Morgan fingerprint density at radius 2 is 1.32 bits per heavy atom. The van der Waals surface area contributed by atoms with Crippen molar-refractivity contribution in [1.29, 1.82) is 0 Å². The number of hydrogen-bond acceptors (Lipinski definition) is 3. The van der Waals surface area contributed by atoms with E-state index in [1.807, 2.05) is 6.29 Å². The molecule has 0 atom stereocenters.